The Morgan fingerprint density at radius 1 is 1.30 bits per heavy atom. The Balaban J connectivity index is 0.00000320. The third kappa shape index (κ3) is 8.12. The molecular formula is C20H34IN7OS. The topological polar surface area (TPSA) is 79.6 Å². The Bertz CT molecular complexity index is 759. The lowest BCUT2D eigenvalue weighted by atomic mass is 10.1. The Kier molecular flexibility index (Phi) is 11.0. The molecule has 8 nitrogen and oxygen atoms in total. The minimum atomic E-state index is 0. The lowest BCUT2D eigenvalue weighted by Gasteiger charge is -2.27. The molecule has 1 aliphatic heterocycles. The largest absolute Gasteiger partial charge is 0.379 e. The number of halogens is 1. The van der Waals surface area contributed by atoms with Gasteiger partial charge in [-0.1, -0.05) is 13.0 Å². The summed E-state index contributed by atoms with van der Waals surface area (Å²) in [6, 6.07) is 4.32. The molecule has 0 radical (unpaired) electrons. The molecule has 0 aromatic carbocycles. The number of nitrogens with one attached hydrogen (secondary N) is 2. The van der Waals surface area contributed by atoms with Crippen molar-refractivity contribution in [2.45, 2.75) is 26.8 Å². The average molecular weight is 548 g/mol. The van der Waals surface area contributed by atoms with E-state index in [1.165, 1.54) is 4.88 Å². The van der Waals surface area contributed by atoms with Crippen molar-refractivity contribution in [3.05, 3.63) is 34.0 Å². The van der Waals surface area contributed by atoms with Gasteiger partial charge in [-0.3, -0.25) is 4.90 Å². The summed E-state index contributed by atoms with van der Waals surface area (Å²) in [5.41, 5.74) is 0. The highest BCUT2D eigenvalue weighted by Crippen LogP contribution is 2.13. The zero-order chi connectivity index (χ0) is 20.5. The molecule has 2 aromatic rings. The fourth-order valence-electron chi connectivity index (χ4n) is 3.19. The summed E-state index contributed by atoms with van der Waals surface area (Å²) >= 11 is 1.82. The lowest BCUT2D eigenvalue weighted by molar-refractivity contribution is 0.0389. The van der Waals surface area contributed by atoms with Gasteiger partial charge in [0.25, 0.3) is 0 Å². The van der Waals surface area contributed by atoms with Crippen molar-refractivity contribution in [3.8, 4) is 0 Å². The highest BCUT2D eigenvalue weighted by atomic mass is 127. The number of aromatic nitrogens is 3. The van der Waals surface area contributed by atoms with Gasteiger partial charge in [-0.05, 0) is 30.7 Å². The summed E-state index contributed by atoms with van der Waals surface area (Å²) in [6.07, 6.45) is 1.08. The van der Waals surface area contributed by atoms with Crippen LogP contribution in [0.4, 0.5) is 0 Å². The van der Waals surface area contributed by atoms with Gasteiger partial charge in [0.2, 0.25) is 0 Å². The van der Waals surface area contributed by atoms with E-state index >= 15 is 0 Å². The fraction of sp³-hybridized carbons (Fsp3) is 0.650. The molecule has 2 N–H and O–H groups in total. The maximum Gasteiger partial charge on any atom is 0.191 e. The van der Waals surface area contributed by atoms with Gasteiger partial charge in [-0.2, -0.15) is 0 Å². The maximum atomic E-state index is 5.42. The second-order valence-corrected chi connectivity index (χ2v) is 8.57. The van der Waals surface area contributed by atoms with Crippen LogP contribution in [0.1, 0.15) is 23.4 Å². The third-order valence-electron chi connectivity index (χ3n) is 5.13. The molecule has 1 fully saturated rings. The Morgan fingerprint density at radius 2 is 2.10 bits per heavy atom. The molecule has 30 heavy (non-hydrogen) atoms. The smallest absolute Gasteiger partial charge is 0.191 e. The molecule has 0 aliphatic carbocycles. The summed E-state index contributed by atoms with van der Waals surface area (Å²) in [7, 11) is 1.97. The fourth-order valence-corrected chi connectivity index (χ4v) is 4.06. The summed E-state index contributed by atoms with van der Waals surface area (Å²) in [6.45, 7) is 11.1. The number of aryl methyl sites for hydroxylation is 1. The zero-order valence-corrected chi connectivity index (χ0v) is 21.3. The summed E-state index contributed by atoms with van der Waals surface area (Å²) in [5.74, 6) is 3.12. The van der Waals surface area contributed by atoms with Crippen LogP contribution in [0.5, 0.6) is 0 Å². The number of aliphatic imine (C=N–C) groups is 1. The number of morpholine rings is 1. The van der Waals surface area contributed by atoms with Crippen LogP contribution in [0, 0.1) is 12.8 Å². The molecule has 0 spiro atoms. The van der Waals surface area contributed by atoms with Crippen molar-refractivity contribution in [1.29, 1.82) is 0 Å². The SMILES string of the molecule is Cc1nnc(CN=C(NCCN2CCOCC2)NCC(C)Cc2cccs2)n1C.I. The van der Waals surface area contributed by atoms with E-state index in [0.717, 1.165) is 70.0 Å². The average Bonchev–Trinajstić information content (AvgIpc) is 3.35. The van der Waals surface area contributed by atoms with Crippen molar-refractivity contribution in [1.82, 2.24) is 30.3 Å². The first-order valence-corrected chi connectivity index (χ1v) is 11.2. The van der Waals surface area contributed by atoms with Gasteiger partial charge < -0.3 is 19.9 Å². The quantitative estimate of drug-likeness (QED) is 0.284. The molecule has 1 aliphatic rings. The van der Waals surface area contributed by atoms with Gasteiger partial charge in [0.1, 0.15) is 12.4 Å². The number of thiophene rings is 1. The molecule has 1 unspecified atom stereocenters. The molecule has 0 bridgehead atoms. The number of ether oxygens (including phenoxy) is 1. The van der Waals surface area contributed by atoms with Crippen molar-refractivity contribution in [2.75, 3.05) is 45.9 Å². The van der Waals surface area contributed by atoms with Crippen LogP contribution in [0.25, 0.3) is 0 Å². The van der Waals surface area contributed by atoms with Gasteiger partial charge >= 0.3 is 0 Å². The molecule has 2 aromatic heterocycles. The predicted molar refractivity (Wildman–Crippen MR) is 133 cm³/mol. The van der Waals surface area contributed by atoms with Crippen molar-refractivity contribution < 1.29 is 4.74 Å². The summed E-state index contributed by atoms with van der Waals surface area (Å²) in [5, 5.41) is 17.5. The van der Waals surface area contributed by atoms with Crippen LogP contribution < -0.4 is 10.6 Å². The maximum absolute atomic E-state index is 5.42. The van der Waals surface area contributed by atoms with Crippen LogP contribution in [0.2, 0.25) is 0 Å². The molecule has 3 heterocycles. The van der Waals surface area contributed by atoms with Gasteiger partial charge in [-0.15, -0.1) is 45.5 Å². The van der Waals surface area contributed by atoms with Gasteiger partial charge in [0, 0.05) is 44.6 Å². The number of rotatable bonds is 9. The Labute approximate surface area is 200 Å². The normalized spacial score (nSPS) is 16.2. The van der Waals surface area contributed by atoms with Crippen LogP contribution in [0.3, 0.4) is 0 Å². The van der Waals surface area contributed by atoms with E-state index in [4.69, 9.17) is 9.73 Å². The molecule has 3 rings (SSSR count). The molecule has 10 heteroatoms. The molecule has 0 saturated carbocycles. The molecule has 1 atom stereocenters. The number of guanidine groups is 1. The van der Waals surface area contributed by atoms with Crippen molar-refractivity contribution in [2.24, 2.45) is 18.0 Å². The standard InChI is InChI=1S/C20H33N7OS.HI/c1-16(13-18-5-4-12-29-18)14-22-20(21-6-7-27-8-10-28-11-9-27)23-15-19-25-24-17(2)26(19)3;/h4-5,12,16H,6-11,13-15H2,1-3H3,(H2,21,22,23);1H. The Morgan fingerprint density at radius 3 is 2.77 bits per heavy atom. The van der Waals surface area contributed by atoms with Crippen LogP contribution >= 0.6 is 35.3 Å². The molecule has 1 saturated heterocycles. The highest BCUT2D eigenvalue weighted by molar-refractivity contribution is 14.0. The summed E-state index contributed by atoms with van der Waals surface area (Å²) in [4.78, 5) is 8.59. The minimum absolute atomic E-state index is 0. The van der Waals surface area contributed by atoms with Gasteiger partial charge in [-0.25, -0.2) is 4.99 Å². The van der Waals surface area contributed by atoms with Crippen LogP contribution in [-0.2, 0) is 24.8 Å². The van der Waals surface area contributed by atoms with E-state index in [1.54, 1.807) is 0 Å². The van der Waals surface area contributed by atoms with Crippen LogP contribution in [-0.4, -0.2) is 71.6 Å². The zero-order valence-electron chi connectivity index (χ0n) is 18.1. The highest BCUT2D eigenvalue weighted by Gasteiger charge is 2.11. The van der Waals surface area contributed by atoms with Crippen molar-refractivity contribution in [3.63, 3.8) is 0 Å². The first-order valence-electron chi connectivity index (χ1n) is 10.3. The van der Waals surface area contributed by atoms with E-state index in [0.29, 0.717) is 12.5 Å². The number of nitrogens with zero attached hydrogens (tertiary/aromatic N) is 5. The monoisotopic (exact) mass is 547 g/mol. The first kappa shape index (κ1) is 25.0. The van der Waals surface area contributed by atoms with E-state index in [-0.39, 0.29) is 24.0 Å². The van der Waals surface area contributed by atoms with E-state index in [2.05, 4.69) is 50.2 Å². The summed E-state index contributed by atoms with van der Waals surface area (Å²) < 4.78 is 7.40. The number of hydrogen-bond acceptors (Lipinski definition) is 6. The first-order chi connectivity index (χ1) is 14.1. The van der Waals surface area contributed by atoms with Crippen LogP contribution in [0.15, 0.2) is 22.5 Å². The number of hydrogen-bond donors (Lipinski definition) is 2. The lowest BCUT2D eigenvalue weighted by Crippen LogP contribution is -2.45. The van der Waals surface area contributed by atoms with Crippen molar-refractivity contribution >= 4 is 41.3 Å². The van der Waals surface area contributed by atoms with E-state index < -0.39 is 0 Å². The predicted octanol–water partition coefficient (Wildman–Crippen LogP) is 2.05. The second kappa shape index (κ2) is 13.2. The molecular weight excluding hydrogens is 513 g/mol. The van der Waals surface area contributed by atoms with Gasteiger partial charge in [0.05, 0.1) is 13.2 Å². The van der Waals surface area contributed by atoms with E-state index in [9.17, 15) is 0 Å². The molecule has 168 valence electrons. The Hall–Kier alpha value is -1.24. The third-order valence-corrected chi connectivity index (χ3v) is 6.03. The second-order valence-electron chi connectivity index (χ2n) is 7.54. The van der Waals surface area contributed by atoms with E-state index in [1.807, 2.05) is 29.9 Å². The minimum Gasteiger partial charge on any atom is -0.379 e. The molecule has 0 amide bonds. The van der Waals surface area contributed by atoms with Gasteiger partial charge in [0.15, 0.2) is 11.8 Å².